The molecule has 108 valence electrons. The molecule has 0 bridgehead atoms. The van der Waals surface area contributed by atoms with Crippen LogP contribution in [0.1, 0.15) is 31.0 Å². The molecule has 2 rings (SSSR count). The van der Waals surface area contributed by atoms with Gasteiger partial charge in [-0.15, -0.1) is 0 Å². The average molecular weight is 269 g/mol. The molecule has 1 fully saturated rings. The lowest BCUT2D eigenvalue weighted by molar-refractivity contribution is 0.0153. The van der Waals surface area contributed by atoms with Crippen LogP contribution >= 0.6 is 0 Å². The van der Waals surface area contributed by atoms with Gasteiger partial charge in [0.05, 0.1) is 12.7 Å². The van der Waals surface area contributed by atoms with Crippen molar-refractivity contribution in [1.29, 1.82) is 0 Å². The second kappa shape index (κ2) is 7.57. The molecule has 19 heavy (non-hydrogen) atoms. The van der Waals surface area contributed by atoms with Gasteiger partial charge in [-0.05, 0) is 26.3 Å². The van der Waals surface area contributed by atoms with Crippen molar-refractivity contribution in [3.05, 3.63) is 11.7 Å². The summed E-state index contributed by atoms with van der Waals surface area (Å²) in [7, 11) is 3.58. The van der Waals surface area contributed by atoms with E-state index in [4.69, 9.17) is 14.0 Å². The predicted molar refractivity (Wildman–Crippen MR) is 70.0 cm³/mol. The Morgan fingerprint density at radius 1 is 1.47 bits per heavy atom. The van der Waals surface area contributed by atoms with Crippen molar-refractivity contribution >= 4 is 0 Å². The third-order valence-electron chi connectivity index (χ3n) is 3.39. The number of nitrogens with one attached hydrogen (secondary N) is 1. The average Bonchev–Trinajstić information content (AvgIpc) is 2.86. The van der Waals surface area contributed by atoms with Crippen LogP contribution in [-0.2, 0) is 22.3 Å². The predicted octanol–water partition coefficient (Wildman–Crippen LogP) is 0.958. The minimum atomic E-state index is 0.198. The second-order valence-electron chi connectivity index (χ2n) is 4.94. The highest BCUT2D eigenvalue weighted by atomic mass is 16.5. The molecule has 0 spiro atoms. The Bertz CT molecular complexity index is 343. The molecule has 6 nitrogen and oxygen atoms in total. The van der Waals surface area contributed by atoms with Crippen molar-refractivity contribution in [2.24, 2.45) is 0 Å². The third-order valence-corrected chi connectivity index (χ3v) is 3.39. The minimum absolute atomic E-state index is 0.198. The lowest BCUT2D eigenvalue weighted by atomic mass is 10.1. The molecule has 6 heteroatoms. The molecule has 2 unspecified atom stereocenters. The van der Waals surface area contributed by atoms with E-state index >= 15 is 0 Å². The number of ether oxygens (including phenoxy) is 2. The fourth-order valence-corrected chi connectivity index (χ4v) is 2.28. The number of hydrogen-bond donors (Lipinski definition) is 1. The van der Waals surface area contributed by atoms with Crippen LogP contribution in [-0.4, -0.2) is 49.7 Å². The first-order chi connectivity index (χ1) is 9.31. The summed E-state index contributed by atoms with van der Waals surface area (Å²) in [4.78, 5) is 4.42. The summed E-state index contributed by atoms with van der Waals surface area (Å²) >= 11 is 0. The van der Waals surface area contributed by atoms with Crippen LogP contribution in [0.2, 0.25) is 0 Å². The standard InChI is InChI=1S/C13H23N3O3/c1-14-10(9-17-2)7-13-15-12(16-19-13)8-11-5-3-4-6-18-11/h10-11,14H,3-9H2,1-2H3. The summed E-state index contributed by atoms with van der Waals surface area (Å²) in [5.74, 6) is 1.40. The zero-order chi connectivity index (χ0) is 13.5. The van der Waals surface area contributed by atoms with Gasteiger partial charge in [0, 0.05) is 32.6 Å². The second-order valence-corrected chi connectivity index (χ2v) is 4.94. The molecule has 0 aliphatic carbocycles. The highest BCUT2D eigenvalue weighted by molar-refractivity contribution is 4.91. The summed E-state index contributed by atoms with van der Waals surface area (Å²) in [6.45, 7) is 1.48. The Morgan fingerprint density at radius 3 is 3.05 bits per heavy atom. The normalized spacial score (nSPS) is 21.5. The van der Waals surface area contributed by atoms with Crippen LogP contribution in [0.5, 0.6) is 0 Å². The molecule has 1 aliphatic rings. The van der Waals surface area contributed by atoms with Crippen LogP contribution < -0.4 is 5.32 Å². The van der Waals surface area contributed by atoms with Gasteiger partial charge in [-0.25, -0.2) is 0 Å². The van der Waals surface area contributed by atoms with Crippen LogP contribution in [0, 0.1) is 0 Å². The Hall–Kier alpha value is -0.980. The van der Waals surface area contributed by atoms with E-state index in [0.29, 0.717) is 18.9 Å². The quantitative estimate of drug-likeness (QED) is 0.795. The molecule has 1 N–H and O–H groups in total. The van der Waals surface area contributed by atoms with Crippen molar-refractivity contribution in [2.75, 3.05) is 27.4 Å². The fourth-order valence-electron chi connectivity index (χ4n) is 2.28. The first-order valence-electron chi connectivity index (χ1n) is 6.91. The molecule has 1 saturated heterocycles. The SMILES string of the molecule is CNC(COC)Cc1nc(CC2CCCCO2)no1. The zero-order valence-electron chi connectivity index (χ0n) is 11.7. The first kappa shape index (κ1) is 14.4. The molecule has 2 atom stereocenters. The number of likely N-dealkylation sites (N-methyl/N-ethyl adjacent to an activating group) is 1. The molecule has 1 aliphatic heterocycles. The molecule has 0 aromatic carbocycles. The fraction of sp³-hybridized carbons (Fsp3) is 0.846. The van der Waals surface area contributed by atoms with Crippen LogP contribution in [0.3, 0.4) is 0 Å². The van der Waals surface area contributed by atoms with Crippen LogP contribution in [0.15, 0.2) is 4.52 Å². The summed E-state index contributed by atoms with van der Waals surface area (Å²) in [6.07, 6.45) is 5.16. The van der Waals surface area contributed by atoms with Crippen molar-refractivity contribution in [2.45, 2.75) is 44.2 Å². The van der Waals surface area contributed by atoms with E-state index < -0.39 is 0 Å². The van der Waals surface area contributed by atoms with E-state index in [1.54, 1.807) is 7.11 Å². The lowest BCUT2D eigenvalue weighted by Gasteiger charge is -2.20. The number of rotatable bonds is 7. The van der Waals surface area contributed by atoms with Crippen LogP contribution in [0.4, 0.5) is 0 Å². The van der Waals surface area contributed by atoms with E-state index in [2.05, 4.69) is 15.5 Å². The summed E-state index contributed by atoms with van der Waals surface area (Å²) in [6, 6.07) is 0.198. The van der Waals surface area contributed by atoms with E-state index in [0.717, 1.165) is 31.7 Å². The van der Waals surface area contributed by atoms with Crippen molar-refractivity contribution in [3.63, 3.8) is 0 Å². The molecule has 1 aromatic heterocycles. The van der Waals surface area contributed by atoms with Gasteiger partial charge in [0.1, 0.15) is 0 Å². The van der Waals surface area contributed by atoms with Crippen molar-refractivity contribution < 1.29 is 14.0 Å². The Morgan fingerprint density at radius 2 is 2.37 bits per heavy atom. The monoisotopic (exact) mass is 269 g/mol. The summed E-state index contributed by atoms with van der Waals surface area (Å²) in [5.41, 5.74) is 0. The van der Waals surface area contributed by atoms with E-state index in [1.165, 1.54) is 6.42 Å². The van der Waals surface area contributed by atoms with Gasteiger partial charge in [-0.1, -0.05) is 5.16 Å². The highest BCUT2D eigenvalue weighted by Gasteiger charge is 2.18. The number of aromatic nitrogens is 2. The lowest BCUT2D eigenvalue weighted by Crippen LogP contribution is -2.32. The first-order valence-corrected chi connectivity index (χ1v) is 6.91. The maximum atomic E-state index is 5.68. The minimum Gasteiger partial charge on any atom is -0.383 e. The van der Waals surface area contributed by atoms with E-state index in [1.807, 2.05) is 7.05 Å². The van der Waals surface area contributed by atoms with Gasteiger partial charge < -0.3 is 19.3 Å². The largest absolute Gasteiger partial charge is 0.383 e. The van der Waals surface area contributed by atoms with Gasteiger partial charge in [0.2, 0.25) is 5.89 Å². The number of nitrogens with zero attached hydrogens (tertiary/aromatic N) is 2. The molecular weight excluding hydrogens is 246 g/mol. The highest BCUT2D eigenvalue weighted by Crippen LogP contribution is 2.16. The number of methoxy groups -OCH3 is 1. The third kappa shape index (κ3) is 4.56. The van der Waals surface area contributed by atoms with Crippen molar-refractivity contribution in [3.8, 4) is 0 Å². The van der Waals surface area contributed by atoms with Gasteiger partial charge in [0.25, 0.3) is 0 Å². The Balaban J connectivity index is 1.83. The topological polar surface area (TPSA) is 69.4 Å². The molecule has 2 heterocycles. The molecular formula is C13H23N3O3. The molecule has 1 aromatic rings. The van der Waals surface area contributed by atoms with E-state index in [9.17, 15) is 0 Å². The van der Waals surface area contributed by atoms with Crippen LogP contribution in [0.25, 0.3) is 0 Å². The Kier molecular flexibility index (Phi) is 5.75. The summed E-state index contributed by atoms with van der Waals surface area (Å²) < 4.78 is 16.1. The maximum absolute atomic E-state index is 5.68. The number of hydrogen-bond acceptors (Lipinski definition) is 6. The zero-order valence-corrected chi connectivity index (χ0v) is 11.7. The van der Waals surface area contributed by atoms with Crippen molar-refractivity contribution in [1.82, 2.24) is 15.5 Å². The molecule has 0 amide bonds. The van der Waals surface area contributed by atoms with E-state index in [-0.39, 0.29) is 12.1 Å². The Labute approximate surface area is 113 Å². The molecule has 0 radical (unpaired) electrons. The van der Waals surface area contributed by atoms with Gasteiger partial charge in [-0.2, -0.15) is 4.98 Å². The van der Waals surface area contributed by atoms with Gasteiger partial charge in [-0.3, -0.25) is 0 Å². The van der Waals surface area contributed by atoms with Gasteiger partial charge in [0.15, 0.2) is 5.82 Å². The molecule has 0 saturated carbocycles. The maximum Gasteiger partial charge on any atom is 0.228 e. The summed E-state index contributed by atoms with van der Waals surface area (Å²) in [5, 5.41) is 7.19. The van der Waals surface area contributed by atoms with Gasteiger partial charge >= 0.3 is 0 Å². The smallest absolute Gasteiger partial charge is 0.228 e.